The second-order valence-electron chi connectivity index (χ2n) is 15.0. The van der Waals surface area contributed by atoms with E-state index in [1.807, 2.05) is 30.3 Å². The van der Waals surface area contributed by atoms with Crippen molar-refractivity contribution in [3.05, 3.63) is 94.3 Å². The van der Waals surface area contributed by atoms with Crippen molar-refractivity contribution in [3.63, 3.8) is 0 Å². The van der Waals surface area contributed by atoms with Gasteiger partial charge in [0.2, 0.25) is 17.7 Å². The van der Waals surface area contributed by atoms with E-state index in [-0.39, 0.29) is 67.3 Å². The van der Waals surface area contributed by atoms with Gasteiger partial charge in [-0.25, -0.2) is 4.98 Å². The zero-order valence-electron chi connectivity index (χ0n) is 32.8. The average molecular weight is 818 g/mol. The van der Waals surface area contributed by atoms with Crippen molar-refractivity contribution in [2.45, 2.75) is 76.6 Å². The molecule has 59 heavy (non-hydrogen) atoms. The first-order valence-corrected chi connectivity index (χ1v) is 19.6. The predicted octanol–water partition coefficient (Wildman–Crippen LogP) is 5.66. The minimum atomic E-state index is -4.17. The van der Waals surface area contributed by atoms with Gasteiger partial charge in [-0.2, -0.15) is 13.2 Å². The minimum absolute atomic E-state index is 0.000263. The van der Waals surface area contributed by atoms with Gasteiger partial charge < -0.3 is 19.7 Å². The highest BCUT2D eigenvalue weighted by atomic mass is 19.4. The Hall–Kier alpha value is -6.06. The SMILES string of the molecule is COc1cnc(C(=O)NCc2cccc(CC(=O)N(C)CCCCOc3ccc4c(c3)C(=O)N(C3CCC(=O)NC3=O)C4=O)c2)cc1C=CC1CCC(C(F)(F)F)CC1. The molecule has 0 bridgehead atoms. The van der Waals surface area contributed by atoms with Gasteiger partial charge in [0.1, 0.15) is 23.2 Å². The number of rotatable bonds is 15. The highest BCUT2D eigenvalue weighted by Crippen LogP contribution is 2.40. The number of halogens is 3. The quantitative estimate of drug-likeness (QED) is 0.146. The molecular weight excluding hydrogens is 771 g/mol. The molecule has 13 nitrogen and oxygen atoms in total. The van der Waals surface area contributed by atoms with E-state index < -0.39 is 47.7 Å². The topological polar surface area (TPSA) is 164 Å². The molecule has 1 aromatic heterocycles. The maximum absolute atomic E-state index is 13.1. The summed E-state index contributed by atoms with van der Waals surface area (Å²) in [6.07, 6.45) is 3.48. The monoisotopic (exact) mass is 817 g/mol. The molecule has 1 atom stereocenters. The lowest BCUT2D eigenvalue weighted by atomic mass is 9.81. The average Bonchev–Trinajstić information content (AvgIpc) is 3.46. The first kappa shape index (κ1) is 42.5. The molecule has 1 unspecified atom stereocenters. The number of likely N-dealkylation sites (N-methyl/N-ethyl adjacent to an activating group) is 1. The molecule has 312 valence electrons. The number of unbranched alkanes of at least 4 members (excludes halogenated alkanes) is 1. The van der Waals surface area contributed by atoms with Gasteiger partial charge in [-0.3, -0.25) is 39.0 Å². The zero-order chi connectivity index (χ0) is 42.3. The van der Waals surface area contributed by atoms with E-state index in [1.54, 1.807) is 30.2 Å². The lowest BCUT2D eigenvalue weighted by molar-refractivity contribution is -0.183. The molecule has 6 rings (SSSR count). The number of carbonyl (C=O) groups is 6. The van der Waals surface area contributed by atoms with Crippen molar-refractivity contribution in [3.8, 4) is 11.5 Å². The van der Waals surface area contributed by atoms with Gasteiger partial charge in [0.05, 0.1) is 43.4 Å². The van der Waals surface area contributed by atoms with Crippen LogP contribution in [0, 0.1) is 11.8 Å². The summed E-state index contributed by atoms with van der Waals surface area (Å²) in [5, 5.41) is 5.03. The molecule has 0 radical (unpaired) electrons. The van der Waals surface area contributed by atoms with Crippen LogP contribution < -0.4 is 20.1 Å². The van der Waals surface area contributed by atoms with Crippen molar-refractivity contribution in [2.24, 2.45) is 11.8 Å². The molecule has 3 heterocycles. The summed E-state index contributed by atoms with van der Waals surface area (Å²) in [5.74, 6) is -3.27. The summed E-state index contributed by atoms with van der Waals surface area (Å²) < 4.78 is 50.4. The Kier molecular flexibility index (Phi) is 13.5. The Labute approximate surface area is 339 Å². The molecule has 1 saturated carbocycles. The van der Waals surface area contributed by atoms with Gasteiger partial charge in [-0.1, -0.05) is 36.4 Å². The lowest BCUT2D eigenvalue weighted by Crippen LogP contribution is -2.54. The van der Waals surface area contributed by atoms with Gasteiger partial charge in [-0.05, 0) is 86.3 Å². The molecule has 2 fully saturated rings. The highest BCUT2D eigenvalue weighted by Gasteiger charge is 2.45. The Balaban J connectivity index is 0.926. The number of imide groups is 2. The van der Waals surface area contributed by atoms with Gasteiger partial charge >= 0.3 is 6.18 Å². The van der Waals surface area contributed by atoms with Gasteiger partial charge in [-0.15, -0.1) is 0 Å². The Morgan fingerprint density at radius 3 is 2.44 bits per heavy atom. The van der Waals surface area contributed by atoms with Gasteiger partial charge in [0.15, 0.2) is 0 Å². The molecule has 3 aliphatic rings. The third-order valence-corrected chi connectivity index (χ3v) is 10.9. The summed E-state index contributed by atoms with van der Waals surface area (Å²) in [7, 11) is 3.19. The molecule has 2 aromatic carbocycles. The van der Waals surface area contributed by atoms with Crippen LogP contribution in [-0.4, -0.2) is 89.8 Å². The standard InChI is InChI=1S/C43H46F3N5O8/c1-50(18-3-4-19-59-31-14-15-32-33(23-31)42(57)51(41(32)56)35-16-17-37(52)49-40(35)55)38(53)21-27-6-5-7-28(20-27)24-48-39(54)34-22-29(36(58-2)25-47-34)11-8-26-9-12-30(13-10-26)43(44,45)46/h5-8,11,14-15,20,22-23,25-26,30,35H,3-4,9-10,12-13,16-19,21,24H2,1-2H3,(H,48,54)(H,49,52,55). The second kappa shape index (κ2) is 18.7. The number of piperidine rings is 1. The van der Waals surface area contributed by atoms with Gasteiger partial charge in [0.25, 0.3) is 17.7 Å². The van der Waals surface area contributed by atoms with Crippen LogP contribution in [0.4, 0.5) is 13.2 Å². The number of hydrogen-bond donors (Lipinski definition) is 2. The number of aromatic nitrogens is 1. The molecule has 2 aliphatic heterocycles. The van der Waals surface area contributed by atoms with E-state index in [1.165, 1.54) is 25.4 Å². The number of ether oxygens (including phenoxy) is 2. The Bertz CT molecular complexity index is 2130. The molecule has 1 saturated heterocycles. The minimum Gasteiger partial charge on any atom is -0.495 e. The van der Waals surface area contributed by atoms with E-state index in [4.69, 9.17) is 9.47 Å². The van der Waals surface area contributed by atoms with Gasteiger partial charge in [0, 0.05) is 32.1 Å². The molecule has 16 heteroatoms. The first-order chi connectivity index (χ1) is 28.2. The smallest absolute Gasteiger partial charge is 0.391 e. The van der Waals surface area contributed by atoms with Crippen LogP contribution >= 0.6 is 0 Å². The second-order valence-corrected chi connectivity index (χ2v) is 15.0. The molecular formula is C43H46F3N5O8. The predicted molar refractivity (Wildman–Crippen MR) is 208 cm³/mol. The fourth-order valence-electron chi connectivity index (χ4n) is 7.50. The van der Waals surface area contributed by atoms with Crippen LogP contribution in [0.1, 0.15) is 99.3 Å². The fraction of sp³-hybridized carbons (Fsp3) is 0.419. The highest BCUT2D eigenvalue weighted by molar-refractivity contribution is 6.23. The maximum Gasteiger partial charge on any atom is 0.391 e. The number of methoxy groups -OCH3 is 1. The van der Waals surface area contributed by atoms with E-state index in [0.717, 1.165) is 16.0 Å². The zero-order valence-corrected chi connectivity index (χ0v) is 32.8. The number of pyridine rings is 1. The molecule has 2 N–H and O–H groups in total. The van der Waals surface area contributed by atoms with E-state index >= 15 is 0 Å². The summed E-state index contributed by atoms with van der Waals surface area (Å²) in [4.78, 5) is 82.7. The van der Waals surface area contributed by atoms with Crippen LogP contribution in [-0.2, 0) is 27.3 Å². The van der Waals surface area contributed by atoms with Crippen molar-refractivity contribution >= 4 is 41.5 Å². The Morgan fingerprint density at radius 2 is 1.71 bits per heavy atom. The van der Waals surface area contributed by atoms with Crippen LogP contribution in [0.2, 0.25) is 0 Å². The summed E-state index contributed by atoms with van der Waals surface area (Å²) in [6, 6.07) is 12.4. The number of nitrogens with one attached hydrogen (secondary N) is 2. The van der Waals surface area contributed by atoms with Crippen molar-refractivity contribution in [2.75, 3.05) is 27.3 Å². The Morgan fingerprint density at radius 1 is 0.966 bits per heavy atom. The summed E-state index contributed by atoms with van der Waals surface area (Å²) >= 11 is 0. The van der Waals surface area contributed by atoms with Crippen molar-refractivity contribution in [1.82, 2.24) is 25.4 Å². The first-order valence-electron chi connectivity index (χ1n) is 19.6. The van der Waals surface area contributed by atoms with Crippen LogP contribution in [0.25, 0.3) is 6.08 Å². The maximum atomic E-state index is 13.1. The van der Waals surface area contributed by atoms with Crippen LogP contribution in [0.3, 0.4) is 0 Å². The number of hydrogen-bond acceptors (Lipinski definition) is 9. The number of nitrogens with zero attached hydrogens (tertiary/aromatic N) is 3. The molecule has 6 amide bonds. The van der Waals surface area contributed by atoms with Crippen molar-refractivity contribution < 1.29 is 51.4 Å². The normalized spacial score (nSPS) is 19.4. The molecule has 0 spiro atoms. The third kappa shape index (κ3) is 10.5. The number of carbonyl (C=O) groups excluding carboxylic acids is 6. The summed E-state index contributed by atoms with van der Waals surface area (Å²) in [5.41, 5.74) is 2.61. The summed E-state index contributed by atoms with van der Waals surface area (Å²) in [6.45, 7) is 0.957. The number of benzene rings is 2. The third-order valence-electron chi connectivity index (χ3n) is 10.9. The van der Waals surface area contributed by atoms with E-state index in [0.29, 0.717) is 55.9 Å². The van der Waals surface area contributed by atoms with E-state index in [2.05, 4.69) is 15.6 Å². The number of amides is 6. The number of fused-ring (bicyclic) bond motifs is 1. The molecule has 3 aromatic rings. The largest absolute Gasteiger partial charge is 0.495 e. The van der Waals surface area contributed by atoms with Crippen LogP contribution in [0.15, 0.2) is 60.8 Å². The molecule has 1 aliphatic carbocycles. The number of allylic oxidation sites excluding steroid dienone is 1. The van der Waals surface area contributed by atoms with E-state index in [9.17, 15) is 41.9 Å². The van der Waals surface area contributed by atoms with Crippen molar-refractivity contribution in [1.29, 1.82) is 0 Å². The lowest BCUT2D eigenvalue weighted by Gasteiger charge is -2.28. The number of alkyl halides is 3. The van der Waals surface area contributed by atoms with Crippen LogP contribution in [0.5, 0.6) is 11.5 Å². The fourth-order valence-corrected chi connectivity index (χ4v) is 7.50.